The number of benzene rings is 2. The second kappa shape index (κ2) is 6.16. The molecule has 0 fully saturated rings. The number of aryl methyl sites for hydroxylation is 1. The molecule has 1 amide bonds. The van der Waals surface area contributed by atoms with Crippen LogP contribution in [0.2, 0.25) is 0 Å². The van der Waals surface area contributed by atoms with E-state index >= 15 is 0 Å². The third-order valence-electron chi connectivity index (χ3n) is 2.69. The second-order valence-electron chi connectivity index (χ2n) is 4.29. The molecule has 0 radical (unpaired) electrons. The predicted octanol–water partition coefficient (Wildman–Crippen LogP) is 2.83. The molecule has 3 N–H and O–H groups in total. The third kappa shape index (κ3) is 3.55. The molecule has 20 heavy (non-hydrogen) atoms. The molecule has 0 heterocycles. The van der Waals surface area contributed by atoms with Crippen molar-refractivity contribution in [1.29, 1.82) is 0 Å². The van der Waals surface area contributed by atoms with Crippen LogP contribution in [0, 0.1) is 6.92 Å². The summed E-state index contributed by atoms with van der Waals surface area (Å²) in [6.45, 7) is 1.95. The first kappa shape index (κ1) is 14.0. The molecule has 4 nitrogen and oxygen atoms in total. The number of thiocarbonyl (C=S) groups is 1. The maximum atomic E-state index is 11.9. The number of rotatable bonds is 2. The van der Waals surface area contributed by atoms with Gasteiger partial charge in [0.2, 0.25) is 0 Å². The smallest absolute Gasteiger partial charge is 0.257 e. The lowest BCUT2D eigenvalue weighted by Gasteiger charge is -2.10. The first-order valence-electron chi connectivity index (χ1n) is 6.03. The molecule has 5 heteroatoms. The number of aromatic hydroxyl groups is 1. The number of amides is 1. The standard InChI is InChI=1S/C15H14N2O2S/c1-10-6-8-11(9-7-10)14(19)17-15(20)16-12-4-2-3-5-13(12)18/h2-9,18H,1H3,(H2,16,17,19,20). The van der Waals surface area contributed by atoms with E-state index < -0.39 is 0 Å². The fourth-order valence-electron chi connectivity index (χ4n) is 1.61. The van der Waals surface area contributed by atoms with Gasteiger partial charge in [0.05, 0.1) is 5.69 Å². The number of carbonyl (C=O) groups excluding carboxylic acids is 1. The minimum absolute atomic E-state index is 0.0689. The van der Waals surface area contributed by atoms with E-state index in [9.17, 15) is 9.90 Å². The van der Waals surface area contributed by atoms with Gasteiger partial charge in [0, 0.05) is 5.56 Å². The molecular formula is C15H14N2O2S. The molecule has 0 unspecified atom stereocenters. The van der Waals surface area contributed by atoms with Crippen LogP contribution in [0.5, 0.6) is 5.75 Å². The Bertz CT molecular complexity index is 639. The highest BCUT2D eigenvalue weighted by atomic mass is 32.1. The van der Waals surface area contributed by atoms with E-state index in [1.807, 2.05) is 19.1 Å². The van der Waals surface area contributed by atoms with Gasteiger partial charge in [0.15, 0.2) is 5.11 Å². The Morgan fingerprint density at radius 2 is 1.75 bits per heavy atom. The number of anilines is 1. The Kier molecular flexibility index (Phi) is 4.32. The summed E-state index contributed by atoms with van der Waals surface area (Å²) in [5.41, 5.74) is 2.05. The Hall–Kier alpha value is -2.40. The van der Waals surface area contributed by atoms with Crippen LogP contribution < -0.4 is 10.6 Å². The molecule has 0 aliphatic heterocycles. The highest BCUT2D eigenvalue weighted by molar-refractivity contribution is 7.80. The van der Waals surface area contributed by atoms with Crippen LogP contribution in [-0.4, -0.2) is 16.1 Å². The van der Waals surface area contributed by atoms with Gasteiger partial charge in [-0.15, -0.1) is 0 Å². The molecule has 0 aliphatic rings. The van der Waals surface area contributed by atoms with E-state index in [0.29, 0.717) is 11.3 Å². The monoisotopic (exact) mass is 286 g/mol. The quantitative estimate of drug-likeness (QED) is 0.587. The van der Waals surface area contributed by atoms with Crippen LogP contribution in [-0.2, 0) is 0 Å². The van der Waals surface area contributed by atoms with Gasteiger partial charge in [-0.25, -0.2) is 0 Å². The van der Waals surface area contributed by atoms with Crippen molar-refractivity contribution in [3.05, 3.63) is 59.7 Å². The zero-order chi connectivity index (χ0) is 14.5. The van der Waals surface area contributed by atoms with Crippen molar-refractivity contribution in [1.82, 2.24) is 5.32 Å². The molecule has 0 bridgehead atoms. The molecular weight excluding hydrogens is 272 g/mol. The fourth-order valence-corrected chi connectivity index (χ4v) is 1.82. The van der Waals surface area contributed by atoms with Crippen molar-refractivity contribution in [3.8, 4) is 5.75 Å². The molecule has 102 valence electrons. The maximum Gasteiger partial charge on any atom is 0.257 e. The predicted molar refractivity (Wildman–Crippen MR) is 83.0 cm³/mol. The molecule has 0 atom stereocenters. The number of phenolic OH excluding ortho intramolecular Hbond substituents is 1. The second-order valence-corrected chi connectivity index (χ2v) is 4.70. The highest BCUT2D eigenvalue weighted by Gasteiger charge is 2.08. The molecule has 0 aromatic heterocycles. The van der Waals surface area contributed by atoms with Crippen LogP contribution in [0.25, 0.3) is 0 Å². The number of para-hydroxylation sites is 2. The van der Waals surface area contributed by atoms with Crippen LogP contribution in [0.15, 0.2) is 48.5 Å². The minimum Gasteiger partial charge on any atom is -0.506 e. The van der Waals surface area contributed by atoms with Gasteiger partial charge < -0.3 is 10.4 Å². The molecule has 0 saturated heterocycles. The Balaban J connectivity index is 2.00. The number of hydrogen-bond donors (Lipinski definition) is 3. The summed E-state index contributed by atoms with van der Waals surface area (Å²) in [4.78, 5) is 11.9. The number of nitrogens with one attached hydrogen (secondary N) is 2. The largest absolute Gasteiger partial charge is 0.506 e. The van der Waals surface area contributed by atoms with Crippen molar-refractivity contribution < 1.29 is 9.90 Å². The first-order valence-corrected chi connectivity index (χ1v) is 6.44. The fraction of sp³-hybridized carbons (Fsp3) is 0.0667. The molecule has 0 aliphatic carbocycles. The minimum atomic E-state index is -0.294. The summed E-state index contributed by atoms with van der Waals surface area (Å²) in [7, 11) is 0. The maximum absolute atomic E-state index is 11.9. The van der Waals surface area contributed by atoms with E-state index in [2.05, 4.69) is 10.6 Å². The number of phenols is 1. The number of carbonyl (C=O) groups is 1. The Morgan fingerprint density at radius 1 is 1.10 bits per heavy atom. The van der Waals surface area contributed by atoms with Crippen molar-refractivity contribution >= 4 is 28.9 Å². The van der Waals surface area contributed by atoms with Crippen LogP contribution >= 0.6 is 12.2 Å². The van der Waals surface area contributed by atoms with Gasteiger partial charge in [0.1, 0.15) is 5.75 Å². The third-order valence-corrected chi connectivity index (χ3v) is 2.90. The summed E-state index contributed by atoms with van der Waals surface area (Å²) >= 11 is 5.04. The normalized spacial score (nSPS) is 9.85. The zero-order valence-electron chi connectivity index (χ0n) is 10.9. The van der Waals surface area contributed by atoms with Crippen LogP contribution in [0.3, 0.4) is 0 Å². The average molecular weight is 286 g/mol. The first-order chi connectivity index (χ1) is 9.56. The molecule has 2 aromatic carbocycles. The summed E-state index contributed by atoms with van der Waals surface area (Å²) in [5.74, 6) is -0.225. The van der Waals surface area contributed by atoms with Crippen molar-refractivity contribution in [2.45, 2.75) is 6.92 Å². The number of hydrogen-bond acceptors (Lipinski definition) is 3. The van der Waals surface area contributed by atoms with E-state index in [0.717, 1.165) is 5.56 Å². The van der Waals surface area contributed by atoms with Gasteiger partial charge >= 0.3 is 0 Å². The van der Waals surface area contributed by atoms with Gasteiger partial charge in [-0.05, 0) is 43.4 Å². The summed E-state index contributed by atoms with van der Waals surface area (Å²) in [5, 5.41) is 15.1. The zero-order valence-corrected chi connectivity index (χ0v) is 11.7. The Morgan fingerprint density at radius 3 is 2.40 bits per heavy atom. The van der Waals surface area contributed by atoms with Gasteiger partial charge in [-0.1, -0.05) is 29.8 Å². The average Bonchev–Trinajstić information content (AvgIpc) is 2.42. The van der Waals surface area contributed by atoms with Crippen molar-refractivity contribution in [2.24, 2.45) is 0 Å². The topological polar surface area (TPSA) is 61.4 Å². The summed E-state index contributed by atoms with van der Waals surface area (Å²) in [6.07, 6.45) is 0. The van der Waals surface area contributed by atoms with Gasteiger partial charge in [0.25, 0.3) is 5.91 Å². The lowest BCUT2D eigenvalue weighted by Crippen LogP contribution is -2.34. The highest BCUT2D eigenvalue weighted by Crippen LogP contribution is 2.21. The lowest BCUT2D eigenvalue weighted by atomic mass is 10.1. The van der Waals surface area contributed by atoms with E-state index in [4.69, 9.17) is 12.2 Å². The van der Waals surface area contributed by atoms with E-state index in [1.165, 1.54) is 6.07 Å². The van der Waals surface area contributed by atoms with E-state index in [1.54, 1.807) is 30.3 Å². The molecule has 2 rings (SSSR count). The summed E-state index contributed by atoms with van der Waals surface area (Å²) < 4.78 is 0. The molecule has 0 spiro atoms. The van der Waals surface area contributed by atoms with Gasteiger partial charge in [-0.2, -0.15) is 0 Å². The van der Waals surface area contributed by atoms with Crippen molar-refractivity contribution in [2.75, 3.05) is 5.32 Å². The summed E-state index contributed by atoms with van der Waals surface area (Å²) in [6, 6.07) is 13.8. The molecule has 0 saturated carbocycles. The van der Waals surface area contributed by atoms with Crippen LogP contribution in [0.1, 0.15) is 15.9 Å². The Labute approximate surface area is 122 Å². The van der Waals surface area contributed by atoms with E-state index in [-0.39, 0.29) is 16.8 Å². The van der Waals surface area contributed by atoms with Gasteiger partial charge in [-0.3, -0.25) is 10.1 Å². The van der Waals surface area contributed by atoms with Crippen LogP contribution in [0.4, 0.5) is 5.69 Å². The SMILES string of the molecule is Cc1ccc(C(=O)NC(=S)Nc2ccccc2O)cc1. The molecule has 2 aromatic rings. The van der Waals surface area contributed by atoms with Crippen molar-refractivity contribution in [3.63, 3.8) is 0 Å². The lowest BCUT2D eigenvalue weighted by molar-refractivity contribution is 0.0977.